The summed E-state index contributed by atoms with van der Waals surface area (Å²) in [5.74, 6) is 0.515. The van der Waals surface area contributed by atoms with Gasteiger partial charge in [-0.3, -0.25) is 4.79 Å². The lowest BCUT2D eigenvalue weighted by molar-refractivity contribution is 0.0664. The Bertz CT molecular complexity index is 1910. The quantitative estimate of drug-likeness (QED) is 0.181. The Labute approximate surface area is 288 Å². The van der Waals surface area contributed by atoms with Crippen molar-refractivity contribution in [3.05, 3.63) is 121 Å². The van der Waals surface area contributed by atoms with Crippen molar-refractivity contribution in [1.82, 2.24) is 28.8 Å². The zero-order chi connectivity index (χ0) is 33.6. The number of likely N-dealkylation sites (N-methyl/N-ethyl adjacent to an activating group) is 1. The van der Waals surface area contributed by atoms with Crippen molar-refractivity contribution in [3.63, 3.8) is 0 Å². The summed E-state index contributed by atoms with van der Waals surface area (Å²) < 4.78 is 9.88. The van der Waals surface area contributed by atoms with Gasteiger partial charge in [0, 0.05) is 70.0 Å². The predicted molar refractivity (Wildman–Crippen MR) is 193 cm³/mol. The maximum Gasteiger partial charge on any atom is 0.410 e. The molecule has 0 saturated carbocycles. The zero-order valence-electron chi connectivity index (χ0n) is 28.2. The van der Waals surface area contributed by atoms with Crippen molar-refractivity contribution >= 4 is 28.8 Å². The van der Waals surface area contributed by atoms with Gasteiger partial charge < -0.3 is 28.6 Å². The Kier molecular flexibility index (Phi) is 9.89. The van der Waals surface area contributed by atoms with E-state index in [0.717, 1.165) is 84.3 Å². The van der Waals surface area contributed by atoms with Crippen molar-refractivity contribution < 1.29 is 14.3 Å². The largest absolute Gasteiger partial charge is 0.445 e. The number of ether oxygens (including phenoxy) is 1. The first kappa shape index (κ1) is 32.4. The maximum absolute atomic E-state index is 14.0. The number of hydrogen-bond acceptors (Lipinski definition) is 5. The Morgan fingerprint density at radius 3 is 2.41 bits per heavy atom. The first-order valence-electron chi connectivity index (χ1n) is 17.3. The van der Waals surface area contributed by atoms with E-state index in [9.17, 15) is 9.59 Å². The highest BCUT2D eigenvalue weighted by molar-refractivity contribution is 6.06. The highest BCUT2D eigenvalue weighted by Gasteiger charge is 2.27. The number of likely N-dealkylation sites (tertiary alicyclic amines) is 1. The smallest absolute Gasteiger partial charge is 0.410 e. The summed E-state index contributed by atoms with van der Waals surface area (Å²) in [6.07, 6.45) is 13.4. The molecule has 9 nitrogen and oxygen atoms in total. The summed E-state index contributed by atoms with van der Waals surface area (Å²) in [5, 5.41) is 2.29. The third-order valence-electron chi connectivity index (χ3n) is 9.86. The van der Waals surface area contributed by atoms with Crippen molar-refractivity contribution in [1.29, 1.82) is 0 Å². The normalized spacial score (nSPS) is 16.1. The van der Waals surface area contributed by atoms with Crippen LogP contribution in [0.15, 0.2) is 104 Å². The van der Waals surface area contributed by atoms with Crippen LogP contribution >= 0.6 is 0 Å². The van der Waals surface area contributed by atoms with Crippen molar-refractivity contribution in [2.45, 2.75) is 25.9 Å². The molecule has 0 radical (unpaired) electrons. The fraction of sp³-hybridized carbons (Fsp3) is 0.325. The third kappa shape index (κ3) is 7.62. The summed E-state index contributed by atoms with van der Waals surface area (Å²) >= 11 is 0. The van der Waals surface area contributed by atoms with Crippen molar-refractivity contribution in [2.75, 3.05) is 52.9 Å². The molecule has 0 bridgehead atoms. The molecule has 3 aromatic carbocycles. The molecule has 2 aliphatic rings. The second kappa shape index (κ2) is 15.0. The van der Waals surface area contributed by atoms with Crippen LogP contribution in [0, 0.1) is 5.92 Å². The van der Waals surface area contributed by atoms with E-state index < -0.39 is 0 Å². The van der Waals surface area contributed by atoms with Gasteiger partial charge in [0.15, 0.2) is 0 Å². The highest BCUT2D eigenvalue weighted by Crippen LogP contribution is 2.33. The molecule has 9 heteroatoms. The fourth-order valence-electron chi connectivity index (χ4n) is 6.99. The highest BCUT2D eigenvalue weighted by atomic mass is 16.6. The number of nitrogens with zero attached hydrogens (tertiary/aromatic N) is 6. The summed E-state index contributed by atoms with van der Waals surface area (Å²) in [7, 11) is 2.10. The number of amides is 2. The molecule has 2 aliphatic heterocycles. The van der Waals surface area contributed by atoms with E-state index in [1.165, 1.54) is 0 Å². The fourth-order valence-corrected chi connectivity index (χ4v) is 6.99. The number of imidazole rings is 1. The molecule has 0 N–H and O–H groups in total. The first-order chi connectivity index (χ1) is 24.0. The van der Waals surface area contributed by atoms with Gasteiger partial charge in [-0.15, -0.1) is 0 Å². The van der Waals surface area contributed by atoms with Crippen LogP contribution in [0.5, 0.6) is 0 Å². The number of piperidine rings is 1. The topological polar surface area (TPSA) is 75.8 Å². The Morgan fingerprint density at radius 1 is 0.837 bits per heavy atom. The van der Waals surface area contributed by atoms with Crippen molar-refractivity contribution in [3.8, 4) is 11.1 Å². The third-order valence-corrected chi connectivity index (χ3v) is 9.86. The van der Waals surface area contributed by atoms with Crippen LogP contribution in [0.4, 0.5) is 4.79 Å². The van der Waals surface area contributed by atoms with Crippen LogP contribution in [0.1, 0.15) is 34.5 Å². The molecule has 2 fully saturated rings. The molecule has 5 aromatic rings. The minimum atomic E-state index is -0.254. The van der Waals surface area contributed by atoms with Gasteiger partial charge in [0.1, 0.15) is 6.61 Å². The van der Waals surface area contributed by atoms with Gasteiger partial charge in [-0.1, -0.05) is 78.9 Å². The molecule has 2 amide bonds. The first-order valence-corrected chi connectivity index (χ1v) is 17.3. The monoisotopic (exact) mass is 656 g/mol. The predicted octanol–water partition coefficient (Wildman–Crippen LogP) is 6.50. The van der Waals surface area contributed by atoms with E-state index >= 15 is 0 Å². The van der Waals surface area contributed by atoms with Gasteiger partial charge in [-0.2, -0.15) is 0 Å². The Balaban J connectivity index is 1.02. The molecule has 4 heterocycles. The summed E-state index contributed by atoms with van der Waals surface area (Å²) in [6, 6.07) is 24.7. The Morgan fingerprint density at radius 2 is 1.59 bits per heavy atom. The molecular formula is C40H44N6O3. The van der Waals surface area contributed by atoms with Gasteiger partial charge in [-0.25, -0.2) is 9.78 Å². The van der Waals surface area contributed by atoms with E-state index in [4.69, 9.17) is 4.74 Å². The number of carbonyl (C=O) groups is 2. The van der Waals surface area contributed by atoms with E-state index in [1.807, 2.05) is 71.0 Å². The van der Waals surface area contributed by atoms with E-state index in [0.29, 0.717) is 25.6 Å². The van der Waals surface area contributed by atoms with E-state index in [2.05, 4.69) is 74.7 Å². The molecule has 7 rings (SSSR count). The van der Waals surface area contributed by atoms with Gasteiger partial charge >= 0.3 is 6.09 Å². The number of carbonyl (C=O) groups excluding carboxylic acids is 2. The number of hydrogen-bond donors (Lipinski definition) is 0. The molecular weight excluding hydrogens is 612 g/mol. The minimum absolute atomic E-state index is 0.0841. The lowest BCUT2D eigenvalue weighted by Crippen LogP contribution is -2.47. The molecule has 252 valence electrons. The van der Waals surface area contributed by atoms with Gasteiger partial charge in [0.05, 0.1) is 24.1 Å². The van der Waals surface area contributed by atoms with Crippen LogP contribution in [0.3, 0.4) is 0 Å². The molecule has 2 saturated heterocycles. The molecule has 2 aromatic heterocycles. The van der Waals surface area contributed by atoms with Crippen LogP contribution in [0.25, 0.3) is 28.0 Å². The average Bonchev–Trinajstić information content (AvgIpc) is 3.77. The van der Waals surface area contributed by atoms with E-state index in [1.54, 1.807) is 0 Å². The maximum atomic E-state index is 14.0. The molecule has 49 heavy (non-hydrogen) atoms. The standard InChI is InChI=1S/C40H44N6O3/c1-42-20-22-44(23-21-42)39(47)38-29-43(28-37(38)36-15-7-13-33-12-5-6-14-35(33)36)27-34-25-41-30-46(34)26-32-16-18-45(19-17-32)40(48)49-24-8-11-31-9-3-2-4-10-31/h2-15,25,28-30,32H,16-24,26-27H2,1H3/b11-8+. The van der Waals surface area contributed by atoms with Crippen LogP contribution < -0.4 is 0 Å². The van der Waals surface area contributed by atoms with Crippen LogP contribution in [0.2, 0.25) is 0 Å². The van der Waals surface area contributed by atoms with Gasteiger partial charge in [0.25, 0.3) is 5.91 Å². The lowest BCUT2D eigenvalue weighted by atomic mass is 9.97. The molecule has 0 atom stereocenters. The minimum Gasteiger partial charge on any atom is -0.445 e. The zero-order valence-corrected chi connectivity index (χ0v) is 28.2. The summed E-state index contributed by atoms with van der Waals surface area (Å²) in [6.45, 7) is 6.27. The number of aromatic nitrogens is 3. The Hall–Kier alpha value is -5.15. The average molecular weight is 657 g/mol. The summed E-state index contributed by atoms with van der Waals surface area (Å²) in [4.78, 5) is 37.3. The SMILES string of the molecule is CN1CCN(C(=O)c2cn(Cc3cncn3CC3CCN(C(=O)OC/C=C/c4ccccc4)CC3)cc2-c2cccc3ccccc23)CC1. The molecule has 0 spiro atoms. The summed E-state index contributed by atoms with van der Waals surface area (Å²) in [5.41, 5.74) is 4.94. The second-order valence-corrected chi connectivity index (χ2v) is 13.2. The van der Waals surface area contributed by atoms with E-state index in [-0.39, 0.29) is 18.6 Å². The number of piperazine rings is 1. The van der Waals surface area contributed by atoms with Gasteiger partial charge in [-0.05, 0) is 53.8 Å². The van der Waals surface area contributed by atoms with Crippen LogP contribution in [-0.4, -0.2) is 93.7 Å². The lowest BCUT2D eigenvalue weighted by Gasteiger charge is -2.32. The van der Waals surface area contributed by atoms with Crippen molar-refractivity contribution in [2.24, 2.45) is 5.92 Å². The number of fused-ring (bicyclic) bond motifs is 1. The van der Waals surface area contributed by atoms with Crippen LogP contribution in [-0.2, 0) is 17.8 Å². The molecule has 0 aliphatic carbocycles. The number of rotatable bonds is 9. The van der Waals surface area contributed by atoms with Gasteiger partial charge in [0.2, 0.25) is 0 Å². The second-order valence-electron chi connectivity index (χ2n) is 13.2. The number of benzene rings is 3. The molecule has 0 unspecified atom stereocenters.